The fraction of sp³-hybridized carbons (Fsp3) is 0.0769. The lowest BCUT2D eigenvalue weighted by molar-refractivity contribution is 0.397. The first kappa shape index (κ1) is 38.7. The molecule has 0 atom stereocenters. The van der Waals surface area contributed by atoms with E-state index in [1.54, 1.807) is 37.3 Å². The summed E-state index contributed by atoms with van der Waals surface area (Å²) in [5.41, 5.74) is 1.80. The van der Waals surface area contributed by atoms with E-state index in [9.17, 15) is 34.4 Å². The van der Waals surface area contributed by atoms with Crippen LogP contribution in [0.5, 0.6) is 17.2 Å². The highest BCUT2D eigenvalue weighted by molar-refractivity contribution is 7.91. The first-order valence-electron chi connectivity index (χ1n) is 12.1. The maximum atomic E-state index is 13.0. The van der Waals surface area contributed by atoms with Crippen molar-refractivity contribution in [2.24, 2.45) is 0 Å². The number of sulfone groups is 1. The molecule has 0 aliphatic carbocycles. The van der Waals surface area contributed by atoms with Gasteiger partial charge in [0.1, 0.15) is 27.0 Å². The van der Waals surface area contributed by atoms with Gasteiger partial charge in [-0.3, -0.25) is 9.11 Å². The Morgan fingerprint density at radius 2 is 0.979 bits per heavy atom. The van der Waals surface area contributed by atoms with Crippen LogP contribution in [0.2, 0.25) is 0 Å². The Balaban J connectivity index is 0.000000862. The average Bonchev–Trinajstić information content (AvgIpc) is 2.96. The van der Waals surface area contributed by atoms with Crippen LogP contribution < -0.4 is 9.47 Å². The minimum atomic E-state index is -4.88. The van der Waals surface area contributed by atoms with Crippen LogP contribution in [-0.2, 0) is 51.3 Å². The third kappa shape index (κ3) is 11.4. The van der Waals surface area contributed by atoms with Gasteiger partial charge in [-0.05, 0) is 72.6 Å². The SMILES string of the molecule is COc1ccc(-c2ccc(Oc3ccc(S(=O)(=O)c4ccc(C)cc4)cc3S(=O)(=O)O)cc2)cc1S(=O)(=O)O.O=S(=O)=O.O=S(=O)=O. The second kappa shape index (κ2) is 15.9. The second-order valence-electron chi connectivity index (χ2n) is 8.78. The molecule has 0 bridgehead atoms. The van der Waals surface area contributed by atoms with Crippen LogP contribution in [0.25, 0.3) is 11.1 Å². The molecule has 0 amide bonds. The topological polar surface area (TPSA) is 264 Å². The van der Waals surface area contributed by atoms with Crippen LogP contribution in [-0.4, -0.2) is 66.7 Å². The summed E-state index contributed by atoms with van der Waals surface area (Å²) in [5.74, 6) is -0.209. The van der Waals surface area contributed by atoms with E-state index in [1.165, 1.54) is 49.6 Å². The summed E-state index contributed by atoms with van der Waals surface area (Å²) in [6.45, 7) is 1.79. The largest absolute Gasteiger partial charge is 0.495 e. The normalized spacial score (nSPS) is 11.1. The van der Waals surface area contributed by atoms with E-state index in [2.05, 4.69) is 0 Å². The molecule has 0 unspecified atom stereocenters. The first-order chi connectivity index (χ1) is 21.7. The molecule has 0 aromatic heterocycles. The van der Waals surface area contributed by atoms with Crippen molar-refractivity contribution in [1.82, 2.24) is 0 Å². The highest BCUT2D eigenvalue weighted by Gasteiger charge is 2.25. The number of hydrogen-bond acceptors (Lipinski definition) is 14. The highest BCUT2D eigenvalue weighted by atomic mass is 32.2. The molecular formula is C26H22O16S5. The van der Waals surface area contributed by atoms with E-state index in [-0.39, 0.29) is 27.0 Å². The van der Waals surface area contributed by atoms with Gasteiger partial charge in [0.05, 0.1) is 16.9 Å². The molecular weight excluding hydrogens is 729 g/mol. The lowest BCUT2D eigenvalue weighted by atomic mass is 10.1. The van der Waals surface area contributed by atoms with E-state index in [0.29, 0.717) is 11.1 Å². The smallest absolute Gasteiger partial charge is 0.425 e. The van der Waals surface area contributed by atoms with Crippen molar-refractivity contribution in [1.29, 1.82) is 0 Å². The molecule has 16 nitrogen and oxygen atoms in total. The number of aryl methyl sites for hydroxylation is 1. The Bertz CT molecular complexity index is 2280. The van der Waals surface area contributed by atoms with Gasteiger partial charge < -0.3 is 9.47 Å². The predicted octanol–water partition coefficient (Wildman–Crippen LogP) is 2.78. The van der Waals surface area contributed by atoms with Gasteiger partial charge >= 0.3 is 21.2 Å². The number of ether oxygens (including phenoxy) is 2. The number of methoxy groups -OCH3 is 1. The summed E-state index contributed by atoms with van der Waals surface area (Å²) in [6, 6.07) is 19.3. The van der Waals surface area contributed by atoms with Gasteiger partial charge in [-0.15, -0.1) is 25.3 Å². The Hall–Kier alpha value is -4.51. The fourth-order valence-electron chi connectivity index (χ4n) is 3.70. The zero-order valence-corrected chi connectivity index (χ0v) is 27.8. The van der Waals surface area contributed by atoms with Gasteiger partial charge in [0.2, 0.25) is 9.84 Å². The molecule has 21 heteroatoms. The molecule has 0 radical (unpaired) electrons. The molecule has 4 aromatic rings. The Morgan fingerprint density at radius 3 is 1.45 bits per heavy atom. The van der Waals surface area contributed by atoms with Crippen LogP contribution in [0.15, 0.2) is 105 Å². The van der Waals surface area contributed by atoms with Crippen molar-refractivity contribution in [2.75, 3.05) is 7.11 Å². The standard InChI is InChI=1S/C26H22O10S3.2O3S/c1-17-3-10-21(11-4-17)37(27,28)22-12-14-24(26(16-22)39(32,33)34)36-20-8-5-18(6-9-20)19-7-13-23(35-2)25(15-19)38(29,30)31;2*1-4(2)3/h3-16H,1-2H3,(H,29,30,31)(H,32,33,34);;. The van der Waals surface area contributed by atoms with Crippen molar-refractivity contribution < 1.29 is 69.1 Å². The minimum Gasteiger partial charge on any atom is -0.495 e. The third-order valence-corrected chi connectivity index (χ3v) is 9.21. The van der Waals surface area contributed by atoms with Crippen molar-refractivity contribution in [2.45, 2.75) is 26.5 Å². The molecule has 4 rings (SSSR count). The highest BCUT2D eigenvalue weighted by Crippen LogP contribution is 2.35. The molecule has 0 spiro atoms. The van der Waals surface area contributed by atoms with Gasteiger partial charge in [0, 0.05) is 0 Å². The molecule has 4 aromatic carbocycles. The Morgan fingerprint density at radius 1 is 0.553 bits per heavy atom. The molecule has 0 heterocycles. The summed E-state index contributed by atoms with van der Waals surface area (Å²) in [6.07, 6.45) is 0. The molecule has 0 saturated heterocycles. The van der Waals surface area contributed by atoms with Gasteiger partial charge in [-0.1, -0.05) is 35.9 Å². The zero-order valence-electron chi connectivity index (χ0n) is 23.7. The lowest BCUT2D eigenvalue weighted by Crippen LogP contribution is -2.06. The fourth-order valence-corrected chi connectivity index (χ4v) is 6.38. The van der Waals surface area contributed by atoms with E-state index in [4.69, 9.17) is 34.7 Å². The number of benzene rings is 4. The molecule has 0 aliphatic rings. The van der Waals surface area contributed by atoms with Crippen LogP contribution in [0.1, 0.15) is 5.56 Å². The summed E-state index contributed by atoms with van der Waals surface area (Å²) in [7, 11) is -18.5. The molecule has 0 fully saturated rings. The van der Waals surface area contributed by atoms with Gasteiger partial charge in [-0.25, -0.2) is 8.42 Å². The van der Waals surface area contributed by atoms with Gasteiger partial charge in [-0.2, -0.15) is 16.8 Å². The zero-order chi connectivity index (χ0) is 35.7. The third-order valence-electron chi connectivity index (χ3n) is 5.69. The predicted molar refractivity (Wildman–Crippen MR) is 161 cm³/mol. The van der Waals surface area contributed by atoms with Crippen molar-refractivity contribution >= 4 is 51.3 Å². The number of hydrogen-bond donors (Lipinski definition) is 2. The van der Waals surface area contributed by atoms with Crippen LogP contribution in [0.4, 0.5) is 0 Å². The summed E-state index contributed by atoms with van der Waals surface area (Å²) >= 11 is 0. The molecule has 0 aliphatic heterocycles. The summed E-state index contributed by atoms with van der Waals surface area (Å²) in [5, 5.41) is 0. The molecule has 252 valence electrons. The van der Waals surface area contributed by atoms with Crippen molar-refractivity contribution in [3.05, 3.63) is 90.5 Å². The van der Waals surface area contributed by atoms with E-state index in [0.717, 1.165) is 17.7 Å². The average molecular weight is 751 g/mol. The molecule has 2 N–H and O–H groups in total. The maximum absolute atomic E-state index is 13.0. The van der Waals surface area contributed by atoms with Gasteiger partial charge in [0.15, 0.2) is 0 Å². The minimum absolute atomic E-state index is 0.0354. The molecule has 47 heavy (non-hydrogen) atoms. The number of rotatable bonds is 8. The first-order valence-corrected chi connectivity index (χ1v) is 18.4. The van der Waals surface area contributed by atoms with Gasteiger partial charge in [0.25, 0.3) is 20.2 Å². The lowest BCUT2D eigenvalue weighted by Gasteiger charge is -2.13. The van der Waals surface area contributed by atoms with E-state index < -0.39 is 61.1 Å². The molecule has 0 saturated carbocycles. The monoisotopic (exact) mass is 750 g/mol. The van der Waals surface area contributed by atoms with Crippen LogP contribution in [0, 0.1) is 6.92 Å². The Kier molecular flexibility index (Phi) is 13.0. The Labute approximate surface area is 271 Å². The quantitative estimate of drug-likeness (QED) is 0.245. The second-order valence-corrected chi connectivity index (χ2v) is 14.3. The summed E-state index contributed by atoms with van der Waals surface area (Å²) < 4.78 is 154. The summed E-state index contributed by atoms with van der Waals surface area (Å²) in [4.78, 5) is -1.56. The van der Waals surface area contributed by atoms with Crippen molar-refractivity contribution in [3.8, 4) is 28.4 Å². The van der Waals surface area contributed by atoms with Crippen LogP contribution >= 0.6 is 0 Å². The van der Waals surface area contributed by atoms with Crippen molar-refractivity contribution in [3.63, 3.8) is 0 Å². The van der Waals surface area contributed by atoms with Crippen LogP contribution in [0.3, 0.4) is 0 Å². The van der Waals surface area contributed by atoms with E-state index in [1.807, 2.05) is 0 Å². The maximum Gasteiger partial charge on any atom is 0.425 e. The van der Waals surface area contributed by atoms with E-state index >= 15 is 0 Å².